The quantitative estimate of drug-likeness (QED) is 0.696. The average molecular weight is 310 g/mol. The molecule has 6 heteroatoms. The van der Waals surface area contributed by atoms with Gasteiger partial charge in [0.15, 0.2) is 0 Å². The van der Waals surface area contributed by atoms with Crippen LogP contribution in [0.1, 0.15) is 20.7 Å². The van der Waals surface area contributed by atoms with Crippen LogP contribution in [0.3, 0.4) is 0 Å². The number of anilines is 3. The van der Waals surface area contributed by atoms with Crippen molar-refractivity contribution in [3.63, 3.8) is 0 Å². The Morgan fingerprint density at radius 2 is 2.00 bits per heavy atom. The lowest BCUT2D eigenvalue weighted by Gasteiger charge is -2.23. The number of fused-ring (bicyclic) bond motifs is 2. The molecule has 1 heterocycles. The summed E-state index contributed by atoms with van der Waals surface area (Å²) < 4.78 is 4.70. The van der Waals surface area contributed by atoms with Crippen molar-refractivity contribution in [3.8, 4) is 0 Å². The van der Waals surface area contributed by atoms with Gasteiger partial charge in [0.2, 0.25) is 0 Å². The molecule has 0 aliphatic carbocycles. The monoisotopic (exact) mass is 310 g/mol. The van der Waals surface area contributed by atoms with E-state index in [2.05, 4.69) is 5.32 Å². The van der Waals surface area contributed by atoms with E-state index in [1.807, 2.05) is 0 Å². The predicted octanol–water partition coefficient (Wildman–Crippen LogP) is 2.38. The van der Waals surface area contributed by atoms with Crippen molar-refractivity contribution in [2.75, 3.05) is 23.9 Å². The number of rotatable bonds is 3. The fourth-order valence-electron chi connectivity index (χ4n) is 2.61. The van der Waals surface area contributed by atoms with E-state index in [4.69, 9.17) is 4.74 Å². The first kappa shape index (κ1) is 14.8. The smallest absolute Gasteiger partial charge is 0.337 e. The van der Waals surface area contributed by atoms with E-state index in [-0.39, 0.29) is 12.5 Å². The molecule has 0 bridgehead atoms. The third kappa shape index (κ3) is 2.55. The van der Waals surface area contributed by atoms with Crippen molar-refractivity contribution in [3.05, 3.63) is 53.6 Å². The van der Waals surface area contributed by atoms with Crippen molar-refractivity contribution >= 4 is 35.2 Å². The van der Waals surface area contributed by atoms with Crippen molar-refractivity contribution < 1.29 is 19.1 Å². The molecule has 0 saturated carbocycles. The van der Waals surface area contributed by atoms with Crippen LogP contribution in [0.2, 0.25) is 0 Å². The normalized spacial score (nSPS) is 12.6. The number of carbonyl (C=O) groups excluding carboxylic acids is 3. The number of hydrogen-bond donors (Lipinski definition) is 1. The molecule has 116 valence electrons. The van der Waals surface area contributed by atoms with E-state index in [0.717, 1.165) is 6.29 Å². The summed E-state index contributed by atoms with van der Waals surface area (Å²) in [6.45, 7) is 0.0938. The molecule has 2 aromatic rings. The minimum Gasteiger partial charge on any atom is -0.465 e. The van der Waals surface area contributed by atoms with Crippen molar-refractivity contribution in [1.29, 1.82) is 0 Å². The van der Waals surface area contributed by atoms with Gasteiger partial charge >= 0.3 is 5.97 Å². The molecule has 0 unspecified atom stereocenters. The van der Waals surface area contributed by atoms with Gasteiger partial charge in [0.25, 0.3) is 5.91 Å². The maximum absolute atomic E-state index is 12.4. The van der Waals surface area contributed by atoms with Gasteiger partial charge in [-0.15, -0.1) is 0 Å². The maximum atomic E-state index is 12.4. The number of ether oxygens (including phenoxy) is 1. The number of nitrogens with one attached hydrogen (secondary N) is 1. The molecular formula is C17H14N2O4. The van der Waals surface area contributed by atoms with E-state index in [9.17, 15) is 14.4 Å². The summed E-state index contributed by atoms with van der Waals surface area (Å²) in [5, 5.41) is 2.78. The van der Waals surface area contributed by atoms with E-state index in [1.165, 1.54) is 7.11 Å². The Balaban J connectivity index is 2.18. The number of carbonyl (C=O) groups is 3. The molecule has 1 aliphatic heterocycles. The second-order valence-electron chi connectivity index (χ2n) is 4.97. The second-order valence-corrected chi connectivity index (χ2v) is 4.97. The topological polar surface area (TPSA) is 75.7 Å². The van der Waals surface area contributed by atoms with Gasteiger partial charge in [-0.05, 0) is 30.3 Å². The number of esters is 1. The first-order valence-electron chi connectivity index (χ1n) is 6.99. The fraction of sp³-hybridized carbons (Fsp3) is 0.118. The lowest BCUT2D eigenvalue weighted by molar-refractivity contribution is -0.106. The average Bonchev–Trinajstić information content (AvgIpc) is 2.69. The Morgan fingerprint density at radius 3 is 2.74 bits per heavy atom. The van der Waals surface area contributed by atoms with E-state index in [0.29, 0.717) is 28.2 Å². The molecule has 0 spiro atoms. The third-order valence-corrected chi connectivity index (χ3v) is 3.65. The van der Waals surface area contributed by atoms with Crippen LogP contribution in [0, 0.1) is 0 Å². The molecule has 1 N–H and O–H groups in total. The zero-order chi connectivity index (χ0) is 16.4. The molecule has 23 heavy (non-hydrogen) atoms. The van der Waals surface area contributed by atoms with Gasteiger partial charge in [0.1, 0.15) is 6.29 Å². The third-order valence-electron chi connectivity index (χ3n) is 3.65. The molecule has 6 nitrogen and oxygen atoms in total. The molecule has 0 saturated heterocycles. The highest BCUT2D eigenvalue weighted by molar-refractivity contribution is 6.13. The molecule has 1 amide bonds. The van der Waals surface area contributed by atoms with Gasteiger partial charge < -0.3 is 19.7 Å². The van der Waals surface area contributed by atoms with E-state index < -0.39 is 5.97 Å². The van der Waals surface area contributed by atoms with Crippen molar-refractivity contribution in [1.82, 2.24) is 0 Å². The minimum atomic E-state index is -0.495. The highest BCUT2D eigenvalue weighted by atomic mass is 16.5. The summed E-state index contributed by atoms with van der Waals surface area (Å²) in [6, 6.07) is 11.9. The van der Waals surface area contributed by atoms with Gasteiger partial charge in [0.05, 0.1) is 41.8 Å². The molecule has 3 rings (SSSR count). The van der Waals surface area contributed by atoms with Crippen LogP contribution in [0.5, 0.6) is 0 Å². The Kier molecular flexibility index (Phi) is 3.80. The lowest BCUT2D eigenvalue weighted by atomic mass is 10.1. The van der Waals surface area contributed by atoms with Gasteiger partial charge in [-0.2, -0.15) is 0 Å². The van der Waals surface area contributed by atoms with Gasteiger partial charge in [-0.3, -0.25) is 4.79 Å². The molecule has 1 aliphatic rings. The van der Waals surface area contributed by atoms with Crippen LogP contribution in [-0.2, 0) is 9.53 Å². The van der Waals surface area contributed by atoms with Crippen LogP contribution >= 0.6 is 0 Å². The number of amides is 1. The van der Waals surface area contributed by atoms with Crippen LogP contribution in [0.4, 0.5) is 17.1 Å². The van der Waals surface area contributed by atoms with Crippen LogP contribution in [0.25, 0.3) is 0 Å². The largest absolute Gasteiger partial charge is 0.465 e. The van der Waals surface area contributed by atoms with Crippen LogP contribution in [0.15, 0.2) is 42.5 Å². The second kappa shape index (κ2) is 5.92. The number of aldehydes is 1. The molecule has 0 fully saturated rings. The van der Waals surface area contributed by atoms with Crippen molar-refractivity contribution in [2.45, 2.75) is 0 Å². The fourth-order valence-corrected chi connectivity index (χ4v) is 2.61. The number of hydrogen-bond acceptors (Lipinski definition) is 5. The Labute approximate surface area is 132 Å². The van der Waals surface area contributed by atoms with E-state index >= 15 is 0 Å². The summed E-state index contributed by atoms with van der Waals surface area (Å²) in [5.41, 5.74) is 2.52. The minimum absolute atomic E-state index is 0.0938. The molecule has 2 aromatic carbocycles. The first-order valence-corrected chi connectivity index (χ1v) is 6.99. The number of methoxy groups -OCH3 is 1. The highest BCUT2D eigenvalue weighted by Gasteiger charge is 2.25. The molecule has 0 atom stereocenters. The maximum Gasteiger partial charge on any atom is 0.337 e. The highest BCUT2D eigenvalue weighted by Crippen LogP contribution is 2.37. The predicted molar refractivity (Wildman–Crippen MR) is 85.2 cm³/mol. The van der Waals surface area contributed by atoms with Crippen molar-refractivity contribution in [2.24, 2.45) is 0 Å². The number of para-hydroxylation sites is 1. The summed E-state index contributed by atoms with van der Waals surface area (Å²) >= 11 is 0. The zero-order valence-corrected chi connectivity index (χ0v) is 12.4. The molecule has 0 radical (unpaired) electrons. The Bertz CT molecular complexity index is 801. The van der Waals surface area contributed by atoms with Gasteiger partial charge in [0, 0.05) is 0 Å². The number of nitrogens with zero attached hydrogens (tertiary/aromatic N) is 1. The Hall–Kier alpha value is -3.15. The standard InChI is InChI=1S/C17H14N2O4/c1-23-17(22)11-6-7-15-13(10-11)18-16(21)12-4-2-3-5-14(12)19(15)8-9-20/h2-7,9-10H,8H2,1H3,(H,18,21). The zero-order valence-electron chi connectivity index (χ0n) is 12.4. The lowest BCUT2D eigenvalue weighted by Crippen LogP contribution is -2.20. The molecule has 0 aromatic heterocycles. The van der Waals surface area contributed by atoms with E-state index in [1.54, 1.807) is 47.4 Å². The Morgan fingerprint density at radius 1 is 1.22 bits per heavy atom. The first-order chi connectivity index (χ1) is 11.2. The van der Waals surface area contributed by atoms with Gasteiger partial charge in [-0.1, -0.05) is 12.1 Å². The van der Waals surface area contributed by atoms with Crippen LogP contribution in [-0.4, -0.2) is 31.8 Å². The van der Waals surface area contributed by atoms with Gasteiger partial charge in [-0.25, -0.2) is 4.79 Å². The summed E-state index contributed by atoms with van der Waals surface area (Å²) in [5.74, 6) is -0.789. The molecular weight excluding hydrogens is 296 g/mol. The van der Waals surface area contributed by atoms with Crippen LogP contribution < -0.4 is 10.2 Å². The summed E-state index contributed by atoms with van der Waals surface area (Å²) in [4.78, 5) is 36.9. The summed E-state index contributed by atoms with van der Waals surface area (Å²) in [7, 11) is 1.29. The summed E-state index contributed by atoms with van der Waals surface area (Å²) in [6.07, 6.45) is 0.768. The number of benzene rings is 2. The SMILES string of the molecule is COC(=O)c1ccc2c(c1)NC(=O)c1ccccc1N2CC=O.